The molecule has 1 saturated carbocycles. The summed E-state index contributed by atoms with van der Waals surface area (Å²) in [5.41, 5.74) is 4.21. The molecule has 0 unspecified atom stereocenters. The van der Waals surface area contributed by atoms with Crippen LogP contribution in [-0.4, -0.2) is 9.97 Å². The highest BCUT2D eigenvalue weighted by Gasteiger charge is 2.28. The van der Waals surface area contributed by atoms with Gasteiger partial charge in [0.1, 0.15) is 17.5 Å². The topological polar surface area (TPSA) is 75.9 Å². The predicted molar refractivity (Wildman–Crippen MR) is 86.3 cm³/mol. The average Bonchev–Trinajstić information content (AvgIpc) is 3.28. The molecule has 1 aliphatic rings. The van der Waals surface area contributed by atoms with Gasteiger partial charge in [0.25, 0.3) is 0 Å². The molecular formula is C14H15Cl2N5. The van der Waals surface area contributed by atoms with E-state index in [2.05, 4.69) is 20.7 Å². The summed E-state index contributed by atoms with van der Waals surface area (Å²) in [7, 11) is 0. The third-order valence-corrected chi connectivity index (χ3v) is 3.97. The van der Waals surface area contributed by atoms with Crippen LogP contribution in [0.25, 0.3) is 0 Å². The first-order chi connectivity index (χ1) is 10.1. The molecule has 0 bridgehead atoms. The largest absolute Gasteiger partial charge is 0.339 e. The maximum absolute atomic E-state index is 6.19. The Balaban J connectivity index is 1.98. The molecule has 0 radical (unpaired) electrons. The fourth-order valence-electron chi connectivity index (χ4n) is 2.04. The molecule has 4 N–H and O–H groups in total. The third-order valence-electron chi connectivity index (χ3n) is 3.43. The summed E-state index contributed by atoms with van der Waals surface area (Å²) in [5.74, 6) is 8.10. The zero-order chi connectivity index (χ0) is 15.0. The van der Waals surface area contributed by atoms with Crippen molar-refractivity contribution in [3.05, 3.63) is 39.6 Å². The average molecular weight is 324 g/mol. The lowest BCUT2D eigenvalue weighted by Crippen LogP contribution is -2.14. The lowest BCUT2D eigenvalue weighted by atomic mass is 10.2. The number of aromatic nitrogens is 2. The third kappa shape index (κ3) is 3.05. The lowest BCUT2D eigenvalue weighted by molar-refractivity contribution is 0.920. The zero-order valence-corrected chi connectivity index (χ0v) is 13.0. The number of hydrogen-bond donors (Lipinski definition) is 3. The molecule has 0 amide bonds. The minimum atomic E-state index is 0.430. The summed E-state index contributed by atoms with van der Waals surface area (Å²) < 4.78 is 0. The van der Waals surface area contributed by atoms with Crippen molar-refractivity contribution in [2.24, 2.45) is 5.84 Å². The zero-order valence-electron chi connectivity index (χ0n) is 11.5. The van der Waals surface area contributed by atoms with Crippen molar-refractivity contribution in [2.45, 2.75) is 25.7 Å². The molecule has 1 aliphatic carbocycles. The molecule has 1 fully saturated rings. The van der Waals surface area contributed by atoms with E-state index in [1.54, 1.807) is 12.1 Å². The van der Waals surface area contributed by atoms with Gasteiger partial charge in [0.2, 0.25) is 0 Å². The molecule has 1 aromatic carbocycles. The molecular weight excluding hydrogens is 309 g/mol. The highest BCUT2D eigenvalue weighted by Crippen LogP contribution is 2.40. The van der Waals surface area contributed by atoms with Gasteiger partial charge in [0, 0.05) is 16.5 Å². The summed E-state index contributed by atoms with van der Waals surface area (Å²) in [4.78, 5) is 9.04. The van der Waals surface area contributed by atoms with Gasteiger partial charge < -0.3 is 10.7 Å². The van der Waals surface area contributed by atoms with Crippen LogP contribution in [0.1, 0.15) is 30.1 Å². The monoisotopic (exact) mass is 323 g/mol. The number of nitrogen functional groups attached to an aromatic ring is 1. The Kier molecular flexibility index (Phi) is 3.89. The van der Waals surface area contributed by atoms with E-state index in [0.717, 1.165) is 29.9 Å². The normalized spacial score (nSPS) is 14.1. The summed E-state index contributed by atoms with van der Waals surface area (Å²) in [6, 6.07) is 5.28. The van der Waals surface area contributed by atoms with Gasteiger partial charge in [-0.15, -0.1) is 0 Å². The first kappa shape index (κ1) is 14.4. The Hall–Kier alpha value is -1.56. The second kappa shape index (κ2) is 5.67. The molecule has 110 valence electrons. The number of hydrogen-bond acceptors (Lipinski definition) is 5. The van der Waals surface area contributed by atoms with Gasteiger partial charge in [0.05, 0.1) is 10.7 Å². The Morgan fingerprint density at radius 2 is 1.90 bits per heavy atom. The van der Waals surface area contributed by atoms with Crippen LogP contribution in [0.3, 0.4) is 0 Å². The highest BCUT2D eigenvalue weighted by atomic mass is 35.5. The van der Waals surface area contributed by atoms with Gasteiger partial charge in [-0.25, -0.2) is 15.8 Å². The number of nitrogens with one attached hydrogen (secondary N) is 2. The minimum Gasteiger partial charge on any atom is -0.339 e. The molecule has 0 aliphatic heterocycles. The van der Waals surface area contributed by atoms with Crippen molar-refractivity contribution in [3.8, 4) is 0 Å². The van der Waals surface area contributed by atoms with Crippen LogP contribution < -0.4 is 16.6 Å². The quantitative estimate of drug-likeness (QED) is 0.585. The highest BCUT2D eigenvalue weighted by molar-refractivity contribution is 6.36. The van der Waals surface area contributed by atoms with Gasteiger partial charge in [-0.2, -0.15) is 0 Å². The Morgan fingerprint density at radius 3 is 2.52 bits per heavy atom. The Morgan fingerprint density at radius 1 is 1.19 bits per heavy atom. The van der Waals surface area contributed by atoms with Crippen molar-refractivity contribution in [2.75, 3.05) is 10.7 Å². The molecule has 3 rings (SSSR count). The second-order valence-corrected chi connectivity index (χ2v) is 5.92. The summed E-state index contributed by atoms with van der Waals surface area (Å²) in [5, 5.41) is 4.36. The fourth-order valence-corrected chi connectivity index (χ4v) is 2.49. The SMILES string of the molecule is Cc1c(NN)nc(C2CC2)nc1Nc1ccc(Cl)cc1Cl. The molecule has 0 saturated heterocycles. The van der Waals surface area contributed by atoms with Crippen molar-refractivity contribution < 1.29 is 0 Å². The molecule has 7 heteroatoms. The molecule has 5 nitrogen and oxygen atoms in total. The van der Waals surface area contributed by atoms with Crippen LogP contribution in [0.2, 0.25) is 10.0 Å². The van der Waals surface area contributed by atoms with Crippen LogP contribution in [0.4, 0.5) is 17.3 Å². The van der Waals surface area contributed by atoms with Crippen LogP contribution in [0.15, 0.2) is 18.2 Å². The maximum atomic E-state index is 6.19. The Bertz CT molecular complexity index is 685. The number of nitrogens with two attached hydrogens (primary N) is 1. The first-order valence-corrected chi connectivity index (χ1v) is 7.41. The minimum absolute atomic E-state index is 0.430. The van der Waals surface area contributed by atoms with Gasteiger partial charge in [0.15, 0.2) is 0 Å². The summed E-state index contributed by atoms with van der Waals surface area (Å²) in [6.45, 7) is 1.90. The number of halogens is 2. The number of benzene rings is 1. The molecule has 0 atom stereocenters. The van der Waals surface area contributed by atoms with E-state index < -0.39 is 0 Å². The number of rotatable bonds is 4. The molecule has 2 aromatic rings. The standard InChI is InChI=1S/C14H15Cl2N5/c1-7-12(18-11-5-4-9(15)6-10(11)16)19-14(8-2-3-8)20-13(7)21-17/h4-6,8H,2-3,17H2,1H3,(H2,18,19,20,21). The van der Waals surface area contributed by atoms with Crippen LogP contribution in [-0.2, 0) is 0 Å². The van der Waals surface area contributed by atoms with Gasteiger partial charge in [-0.05, 0) is 38.0 Å². The van der Waals surface area contributed by atoms with Gasteiger partial charge in [-0.1, -0.05) is 23.2 Å². The fraction of sp³-hybridized carbons (Fsp3) is 0.286. The van der Waals surface area contributed by atoms with Gasteiger partial charge >= 0.3 is 0 Å². The van der Waals surface area contributed by atoms with Crippen molar-refractivity contribution in [1.29, 1.82) is 0 Å². The summed E-state index contributed by atoms with van der Waals surface area (Å²) in [6.07, 6.45) is 2.24. The van der Waals surface area contributed by atoms with E-state index in [1.807, 2.05) is 13.0 Å². The van der Waals surface area contributed by atoms with Crippen LogP contribution >= 0.6 is 23.2 Å². The summed E-state index contributed by atoms with van der Waals surface area (Å²) >= 11 is 12.1. The number of nitrogens with zero attached hydrogens (tertiary/aromatic N) is 2. The van der Waals surface area contributed by atoms with Crippen molar-refractivity contribution >= 4 is 40.5 Å². The van der Waals surface area contributed by atoms with Crippen LogP contribution in [0, 0.1) is 6.92 Å². The lowest BCUT2D eigenvalue weighted by Gasteiger charge is -2.14. The van der Waals surface area contributed by atoms with E-state index >= 15 is 0 Å². The Labute approximate surface area is 132 Å². The molecule has 1 aromatic heterocycles. The van der Waals surface area contributed by atoms with Crippen LogP contribution in [0.5, 0.6) is 0 Å². The number of hydrazine groups is 1. The maximum Gasteiger partial charge on any atom is 0.148 e. The molecule has 0 spiro atoms. The number of anilines is 3. The first-order valence-electron chi connectivity index (χ1n) is 6.65. The van der Waals surface area contributed by atoms with E-state index in [-0.39, 0.29) is 0 Å². The van der Waals surface area contributed by atoms with E-state index in [0.29, 0.717) is 27.6 Å². The van der Waals surface area contributed by atoms with Crippen molar-refractivity contribution in [3.63, 3.8) is 0 Å². The smallest absolute Gasteiger partial charge is 0.148 e. The molecule has 21 heavy (non-hydrogen) atoms. The van der Waals surface area contributed by atoms with E-state index in [1.165, 1.54) is 0 Å². The second-order valence-electron chi connectivity index (χ2n) is 5.07. The van der Waals surface area contributed by atoms with E-state index in [4.69, 9.17) is 29.0 Å². The van der Waals surface area contributed by atoms with E-state index in [9.17, 15) is 0 Å². The van der Waals surface area contributed by atoms with Crippen molar-refractivity contribution in [1.82, 2.24) is 9.97 Å². The van der Waals surface area contributed by atoms with Gasteiger partial charge in [-0.3, -0.25) is 0 Å². The molecule has 1 heterocycles. The predicted octanol–water partition coefficient (Wildman–Crippen LogP) is 4.00.